The Morgan fingerprint density at radius 1 is 0.975 bits per heavy atom. The maximum absolute atomic E-state index is 13.1. The molecule has 0 fully saturated rings. The van der Waals surface area contributed by atoms with Gasteiger partial charge in [-0.1, -0.05) is 73.4 Å². The van der Waals surface area contributed by atoms with Crippen LogP contribution in [-0.2, 0) is 11.0 Å². The molecule has 0 spiro atoms. The molecule has 1 N–H and O–H groups in total. The number of hydrogen-bond acceptors (Lipinski definition) is 3. The van der Waals surface area contributed by atoms with Crippen LogP contribution < -0.4 is 0 Å². The van der Waals surface area contributed by atoms with Crippen molar-refractivity contribution >= 4 is 45.9 Å². The van der Waals surface area contributed by atoms with Crippen molar-refractivity contribution < 1.29 is 27.9 Å². The van der Waals surface area contributed by atoms with Crippen LogP contribution in [0.4, 0.5) is 13.2 Å². The first-order valence-electron chi connectivity index (χ1n) is 12.7. The average molecular weight is 591 g/mol. The summed E-state index contributed by atoms with van der Waals surface area (Å²) >= 11 is 13.0. The molecule has 0 aliphatic rings. The molecule has 0 bridgehead atoms. The number of ketones is 1. The number of alkyl halides is 3. The van der Waals surface area contributed by atoms with Gasteiger partial charge in [-0.2, -0.15) is 18.3 Å². The van der Waals surface area contributed by atoms with Crippen LogP contribution in [0.2, 0.25) is 10.0 Å². The SMILES string of the molecule is CC(C)CC(c1ccc(C(=O)CCCC(=O)O)cc1)n1ncc2c(Cl)c(-c3ccc(C(F)(F)F)cc3Cl)ccc21. The number of hydrogen-bond donors (Lipinski definition) is 1. The number of aromatic nitrogens is 2. The van der Waals surface area contributed by atoms with Gasteiger partial charge in [0.2, 0.25) is 0 Å². The van der Waals surface area contributed by atoms with Gasteiger partial charge in [0.1, 0.15) is 0 Å². The number of rotatable bonds is 10. The van der Waals surface area contributed by atoms with E-state index in [1.54, 1.807) is 24.4 Å². The van der Waals surface area contributed by atoms with Crippen molar-refractivity contribution in [2.24, 2.45) is 5.92 Å². The minimum Gasteiger partial charge on any atom is -0.481 e. The molecule has 0 aliphatic carbocycles. The highest BCUT2D eigenvalue weighted by atomic mass is 35.5. The predicted molar refractivity (Wildman–Crippen MR) is 150 cm³/mol. The van der Waals surface area contributed by atoms with Crippen molar-refractivity contribution in [2.75, 3.05) is 0 Å². The normalized spacial score (nSPS) is 12.7. The summed E-state index contributed by atoms with van der Waals surface area (Å²) in [5.41, 5.74) is 2.25. The largest absolute Gasteiger partial charge is 0.481 e. The summed E-state index contributed by atoms with van der Waals surface area (Å²) in [4.78, 5) is 23.2. The lowest BCUT2D eigenvalue weighted by Gasteiger charge is -2.22. The lowest BCUT2D eigenvalue weighted by Crippen LogP contribution is -2.15. The molecule has 0 amide bonds. The molecule has 10 heteroatoms. The van der Waals surface area contributed by atoms with Gasteiger partial charge < -0.3 is 5.11 Å². The van der Waals surface area contributed by atoms with Gasteiger partial charge >= 0.3 is 12.1 Å². The van der Waals surface area contributed by atoms with Crippen LogP contribution in [-0.4, -0.2) is 26.6 Å². The monoisotopic (exact) mass is 590 g/mol. The smallest absolute Gasteiger partial charge is 0.416 e. The van der Waals surface area contributed by atoms with Gasteiger partial charge in [-0.25, -0.2) is 0 Å². The fraction of sp³-hybridized carbons (Fsp3) is 0.300. The second-order valence-electron chi connectivity index (χ2n) is 10.1. The Labute approximate surface area is 239 Å². The molecule has 1 unspecified atom stereocenters. The van der Waals surface area contributed by atoms with Crippen LogP contribution in [0, 0.1) is 5.92 Å². The number of fused-ring (bicyclic) bond motifs is 1. The molecular formula is C30H27Cl2F3N2O3. The van der Waals surface area contributed by atoms with Crippen molar-refractivity contribution in [3.05, 3.63) is 87.5 Å². The molecular weight excluding hydrogens is 564 g/mol. The second kappa shape index (κ2) is 12.0. The number of carbonyl (C=O) groups is 2. The minimum absolute atomic E-state index is 0.0536. The van der Waals surface area contributed by atoms with E-state index in [0.29, 0.717) is 33.0 Å². The number of halogens is 5. The Morgan fingerprint density at radius 2 is 1.65 bits per heavy atom. The van der Waals surface area contributed by atoms with Crippen LogP contribution in [0.1, 0.15) is 67.1 Å². The summed E-state index contributed by atoms with van der Waals surface area (Å²) in [5.74, 6) is -0.734. The predicted octanol–water partition coefficient (Wildman–Crippen LogP) is 9.10. The van der Waals surface area contributed by atoms with Crippen LogP contribution >= 0.6 is 23.2 Å². The summed E-state index contributed by atoms with van der Waals surface area (Å²) in [6, 6.07) is 13.8. The number of carbonyl (C=O) groups excluding carboxylic acids is 1. The van der Waals surface area contributed by atoms with Crippen molar-refractivity contribution in [1.29, 1.82) is 0 Å². The third-order valence-corrected chi connectivity index (χ3v) is 7.42. The van der Waals surface area contributed by atoms with Gasteiger partial charge in [-0.05, 0) is 42.5 Å². The maximum atomic E-state index is 13.1. The molecule has 0 saturated carbocycles. The van der Waals surface area contributed by atoms with Gasteiger partial charge in [0.05, 0.1) is 28.3 Å². The van der Waals surface area contributed by atoms with E-state index in [1.165, 1.54) is 6.07 Å². The van der Waals surface area contributed by atoms with Gasteiger partial charge in [0, 0.05) is 39.9 Å². The van der Waals surface area contributed by atoms with Gasteiger partial charge in [-0.15, -0.1) is 0 Å². The number of benzene rings is 3. The Hall–Kier alpha value is -3.36. The number of carboxylic acid groups (broad SMARTS) is 1. The fourth-order valence-electron chi connectivity index (χ4n) is 4.71. The van der Waals surface area contributed by atoms with Gasteiger partial charge in [-0.3, -0.25) is 14.3 Å². The number of nitrogens with zero attached hydrogens (tertiary/aromatic N) is 2. The highest BCUT2D eigenvalue weighted by Gasteiger charge is 2.31. The lowest BCUT2D eigenvalue weighted by atomic mass is 9.95. The van der Waals surface area contributed by atoms with E-state index in [2.05, 4.69) is 18.9 Å². The summed E-state index contributed by atoms with van der Waals surface area (Å²) in [6.07, 6.45) is -1.74. The van der Waals surface area contributed by atoms with E-state index in [9.17, 15) is 22.8 Å². The zero-order valence-corrected chi connectivity index (χ0v) is 23.3. The second-order valence-corrected chi connectivity index (χ2v) is 10.9. The van der Waals surface area contributed by atoms with E-state index in [1.807, 2.05) is 22.9 Å². The molecule has 4 aromatic rings. The summed E-state index contributed by atoms with van der Waals surface area (Å²) in [6.45, 7) is 4.19. The number of carboxylic acids is 1. The van der Waals surface area contributed by atoms with Gasteiger partial charge in [0.15, 0.2) is 5.78 Å². The lowest BCUT2D eigenvalue weighted by molar-refractivity contribution is -0.138. The third kappa shape index (κ3) is 6.50. The fourth-order valence-corrected chi connectivity index (χ4v) is 5.31. The Morgan fingerprint density at radius 3 is 2.25 bits per heavy atom. The van der Waals surface area contributed by atoms with Gasteiger partial charge in [0.25, 0.3) is 0 Å². The van der Waals surface area contributed by atoms with Crippen molar-refractivity contribution in [2.45, 2.75) is 51.7 Å². The number of Topliss-reactive ketones (excluding diaryl/α,β-unsaturated/α-hetero) is 1. The van der Waals surface area contributed by atoms with Crippen LogP contribution in [0.3, 0.4) is 0 Å². The summed E-state index contributed by atoms with van der Waals surface area (Å²) in [7, 11) is 0. The minimum atomic E-state index is -4.51. The zero-order valence-electron chi connectivity index (χ0n) is 21.8. The topological polar surface area (TPSA) is 72.2 Å². The Kier molecular flexibility index (Phi) is 8.90. The van der Waals surface area contributed by atoms with Crippen LogP contribution in [0.5, 0.6) is 0 Å². The molecule has 5 nitrogen and oxygen atoms in total. The number of aliphatic carboxylic acids is 1. The molecule has 0 radical (unpaired) electrons. The molecule has 1 atom stereocenters. The first-order chi connectivity index (χ1) is 18.9. The molecule has 0 saturated heterocycles. The highest BCUT2D eigenvalue weighted by Crippen LogP contribution is 2.41. The van der Waals surface area contributed by atoms with E-state index in [4.69, 9.17) is 28.3 Å². The Bertz CT molecular complexity index is 1550. The van der Waals surface area contributed by atoms with Crippen molar-refractivity contribution in [1.82, 2.24) is 9.78 Å². The van der Waals surface area contributed by atoms with E-state index in [0.717, 1.165) is 29.6 Å². The molecule has 4 rings (SSSR count). The molecule has 1 aromatic heterocycles. The maximum Gasteiger partial charge on any atom is 0.416 e. The van der Waals surface area contributed by atoms with Crippen LogP contribution in [0.15, 0.2) is 60.8 Å². The molecule has 210 valence electrons. The summed E-state index contributed by atoms with van der Waals surface area (Å²) in [5, 5.41) is 14.3. The zero-order chi connectivity index (χ0) is 29.2. The summed E-state index contributed by atoms with van der Waals surface area (Å²) < 4.78 is 41.2. The average Bonchev–Trinajstić information content (AvgIpc) is 3.32. The third-order valence-electron chi connectivity index (χ3n) is 6.70. The van der Waals surface area contributed by atoms with Crippen LogP contribution in [0.25, 0.3) is 22.0 Å². The quantitative estimate of drug-likeness (QED) is 0.187. The Balaban J connectivity index is 1.67. The van der Waals surface area contributed by atoms with E-state index in [-0.39, 0.29) is 36.1 Å². The first kappa shape index (κ1) is 29.6. The van der Waals surface area contributed by atoms with E-state index >= 15 is 0 Å². The standard InChI is InChI=1S/C30H27Cl2F3N2O3/c1-17(2)14-26(18-6-8-19(9-7-18)27(38)4-3-5-28(39)40)37-25-13-12-22(29(32)23(25)16-36-37)21-11-10-20(15-24(21)31)30(33,34)35/h6-13,15-17,26H,3-5,14H2,1-2H3,(H,39,40). The van der Waals surface area contributed by atoms with Crippen molar-refractivity contribution in [3.8, 4) is 11.1 Å². The van der Waals surface area contributed by atoms with Crippen molar-refractivity contribution in [3.63, 3.8) is 0 Å². The molecule has 1 heterocycles. The van der Waals surface area contributed by atoms with E-state index < -0.39 is 17.7 Å². The molecule has 40 heavy (non-hydrogen) atoms. The first-order valence-corrected chi connectivity index (χ1v) is 13.5. The highest BCUT2D eigenvalue weighted by molar-refractivity contribution is 6.39. The molecule has 3 aromatic carbocycles. The molecule has 0 aliphatic heterocycles.